The van der Waals surface area contributed by atoms with Gasteiger partial charge < -0.3 is 10.2 Å². The van der Waals surface area contributed by atoms with Gasteiger partial charge in [-0.05, 0) is 61.6 Å². The zero-order valence-electron chi connectivity index (χ0n) is 17.0. The Kier molecular flexibility index (Phi) is 5.54. The van der Waals surface area contributed by atoms with Crippen LogP contribution in [-0.4, -0.2) is 40.6 Å². The number of aryl methyl sites for hydroxylation is 2. The molecule has 2 aliphatic heterocycles. The van der Waals surface area contributed by atoms with Crippen molar-refractivity contribution in [2.45, 2.75) is 38.0 Å². The number of likely N-dealkylation sites (tertiary alicyclic amines) is 1. The highest BCUT2D eigenvalue weighted by Crippen LogP contribution is 2.46. The maximum Gasteiger partial charge on any atom is 0.321 e. The Hall–Kier alpha value is -2.47. The summed E-state index contributed by atoms with van der Waals surface area (Å²) in [5.74, 6) is 0.665. The Labute approximate surface area is 176 Å². The van der Waals surface area contributed by atoms with E-state index >= 15 is 0 Å². The molecule has 0 radical (unpaired) electrons. The first-order chi connectivity index (χ1) is 14.0. The zero-order chi connectivity index (χ0) is 20.4. The molecule has 1 N–H and O–H groups in total. The molecule has 0 unspecified atom stereocenters. The Balaban J connectivity index is 1.43. The van der Waals surface area contributed by atoms with E-state index in [0.29, 0.717) is 18.8 Å². The highest BCUT2D eigenvalue weighted by atomic mass is 32.2. The zero-order valence-corrected chi connectivity index (χ0v) is 17.8. The predicted molar refractivity (Wildman–Crippen MR) is 119 cm³/mol. The van der Waals surface area contributed by atoms with Gasteiger partial charge in [-0.3, -0.25) is 9.69 Å². The average molecular weight is 410 g/mol. The van der Waals surface area contributed by atoms with Crippen LogP contribution in [0.15, 0.2) is 48.5 Å². The van der Waals surface area contributed by atoms with Crippen LogP contribution in [0.1, 0.15) is 30.9 Å². The quantitative estimate of drug-likeness (QED) is 0.802. The maximum atomic E-state index is 12.7. The number of hydrogen-bond acceptors (Lipinski definition) is 3. The minimum atomic E-state index is -0.246. The molecule has 4 rings (SSSR count). The second kappa shape index (κ2) is 8.11. The molecule has 2 aromatic rings. The van der Waals surface area contributed by atoms with Gasteiger partial charge in [0.2, 0.25) is 5.91 Å². The van der Waals surface area contributed by atoms with Crippen LogP contribution < -0.4 is 10.2 Å². The summed E-state index contributed by atoms with van der Waals surface area (Å²) in [6, 6.07) is 16.1. The van der Waals surface area contributed by atoms with Crippen LogP contribution >= 0.6 is 11.8 Å². The van der Waals surface area contributed by atoms with Gasteiger partial charge >= 0.3 is 6.03 Å². The van der Waals surface area contributed by atoms with Crippen molar-refractivity contribution >= 4 is 35.1 Å². The van der Waals surface area contributed by atoms with E-state index in [1.807, 2.05) is 59.2 Å². The first-order valence-electron chi connectivity index (χ1n) is 10.2. The van der Waals surface area contributed by atoms with Crippen molar-refractivity contribution in [3.8, 4) is 0 Å². The minimum Gasteiger partial charge on any atom is -0.324 e. The molecular weight excluding hydrogens is 382 g/mol. The first kappa shape index (κ1) is 19.8. The van der Waals surface area contributed by atoms with Crippen LogP contribution in [0.3, 0.4) is 0 Å². The number of hydrogen-bond donors (Lipinski definition) is 1. The molecular formula is C23H27N3O2S. The highest BCUT2D eigenvalue weighted by molar-refractivity contribution is 8.02. The molecule has 152 valence electrons. The van der Waals surface area contributed by atoms with E-state index in [0.717, 1.165) is 36.2 Å². The van der Waals surface area contributed by atoms with Gasteiger partial charge in [-0.2, -0.15) is 0 Å². The molecule has 5 nitrogen and oxygen atoms in total. The lowest BCUT2D eigenvalue weighted by molar-refractivity contribution is -0.116. The third-order valence-electron chi connectivity index (χ3n) is 5.83. The molecule has 2 aromatic carbocycles. The van der Waals surface area contributed by atoms with Gasteiger partial charge in [-0.15, -0.1) is 11.8 Å². The lowest BCUT2D eigenvalue weighted by atomic mass is 10.0. The SMILES string of the molecule is CCc1ccc(NC(=O)N2CCC3(CC2)SCC(=O)N3c2cccc(C)c2)cc1. The number of carbonyl (C=O) groups excluding carboxylic acids is 2. The van der Waals surface area contributed by atoms with Crippen LogP contribution in [0, 0.1) is 6.92 Å². The lowest BCUT2D eigenvalue weighted by Gasteiger charge is -2.44. The molecule has 29 heavy (non-hydrogen) atoms. The summed E-state index contributed by atoms with van der Waals surface area (Å²) < 4.78 is 0. The molecule has 1 spiro atoms. The van der Waals surface area contributed by atoms with Crippen LogP contribution in [0.25, 0.3) is 0 Å². The molecule has 3 amide bonds. The molecule has 2 aliphatic rings. The number of benzene rings is 2. The Morgan fingerprint density at radius 2 is 1.86 bits per heavy atom. The minimum absolute atomic E-state index is 0.0690. The number of nitrogens with one attached hydrogen (secondary N) is 1. The van der Waals surface area contributed by atoms with E-state index in [1.165, 1.54) is 5.56 Å². The van der Waals surface area contributed by atoms with Crippen molar-refractivity contribution in [1.29, 1.82) is 0 Å². The summed E-state index contributed by atoms with van der Waals surface area (Å²) in [5.41, 5.74) is 4.18. The summed E-state index contributed by atoms with van der Waals surface area (Å²) in [6.07, 6.45) is 2.54. The van der Waals surface area contributed by atoms with Crippen LogP contribution in [0.4, 0.5) is 16.2 Å². The summed E-state index contributed by atoms with van der Waals surface area (Å²) in [6.45, 7) is 5.44. The number of carbonyl (C=O) groups is 2. The highest BCUT2D eigenvalue weighted by Gasteiger charge is 2.49. The number of rotatable bonds is 3. The Bertz CT molecular complexity index is 905. The molecule has 0 bridgehead atoms. The molecule has 2 fully saturated rings. The fourth-order valence-electron chi connectivity index (χ4n) is 4.15. The van der Waals surface area contributed by atoms with Gasteiger partial charge in [0.05, 0.1) is 10.6 Å². The van der Waals surface area contributed by atoms with E-state index in [9.17, 15) is 9.59 Å². The van der Waals surface area contributed by atoms with E-state index in [4.69, 9.17) is 0 Å². The number of piperidine rings is 1. The summed E-state index contributed by atoms with van der Waals surface area (Å²) in [5, 5.41) is 3.00. The van der Waals surface area contributed by atoms with Crippen molar-refractivity contribution in [2.75, 3.05) is 29.1 Å². The van der Waals surface area contributed by atoms with Crippen LogP contribution in [0.5, 0.6) is 0 Å². The molecule has 0 aromatic heterocycles. The second-order valence-electron chi connectivity index (χ2n) is 7.77. The topological polar surface area (TPSA) is 52.7 Å². The Morgan fingerprint density at radius 1 is 1.14 bits per heavy atom. The largest absolute Gasteiger partial charge is 0.324 e. The van der Waals surface area contributed by atoms with Crippen molar-refractivity contribution < 1.29 is 9.59 Å². The number of urea groups is 1. The number of anilines is 2. The van der Waals surface area contributed by atoms with Crippen LogP contribution in [0.2, 0.25) is 0 Å². The molecule has 2 saturated heterocycles. The van der Waals surface area contributed by atoms with Gasteiger partial charge in [0.1, 0.15) is 0 Å². The smallest absolute Gasteiger partial charge is 0.321 e. The fraction of sp³-hybridized carbons (Fsp3) is 0.391. The van der Waals surface area contributed by atoms with E-state index in [1.54, 1.807) is 11.8 Å². The van der Waals surface area contributed by atoms with Crippen molar-refractivity contribution in [3.63, 3.8) is 0 Å². The van der Waals surface area contributed by atoms with Crippen molar-refractivity contribution in [2.24, 2.45) is 0 Å². The number of nitrogens with zero attached hydrogens (tertiary/aromatic N) is 2. The molecule has 6 heteroatoms. The summed E-state index contributed by atoms with van der Waals surface area (Å²) in [4.78, 5) is 29.0. The van der Waals surface area contributed by atoms with Gasteiger partial charge in [-0.25, -0.2) is 4.79 Å². The third kappa shape index (κ3) is 3.99. The van der Waals surface area contributed by atoms with Gasteiger partial charge in [-0.1, -0.05) is 31.2 Å². The number of thioether (sulfide) groups is 1. The third-order valence-corrected chi connectivity index (χ3v) is 7.35. The normalized spacial score (nSPS) is 18.3. The van der Waals surface area contributed by atoms with E-state index < -0.39 is 0 Å². The van der Waals surface area contributed by atoms with Crippen LogP contribution in [-0.2, 0) is 11.2 Å². The maximum absolute atomic E-state index is 12.7. The monoisotopic (exact) mass is 409 g/mol. The second-order valence-corrected chi connectivity index (χ2v) is 9.11. The predicted octanol–water partition coefficient (Wildman–Crippen LogP) is 4.66. The summed E-state index contributed by atoms with van der Waals surface area (Å²) in [7, 11) is 0. The molecule has 0 saturated carbocycles. The average Bonchev–Trinajstić information content (AvgIpc) is 3.04. The molecule has 2 heterocycles. The van der Waals surface area contributed by atoms with Crippen molar-refractivity contribution in [3.05, 3.63) is 59.7 Å². The van der Waals surface area contributed by atoms with E-state index in [-0.39, 0.29) is 16.8 Å². The molecule has 0 aliphatic carbocycles. The van der Waals surface area contributed by atoms with Crippen molar-refractivity contribution in [1.82, 2.24) is 4.90 Å². The van der Waals surface area contributed by atoms with Gasteiger partial charge in [0.15, 0.2) is 0 Å². The standard InChI is InChI=1S/C23H27N3O2S/c1-3-18-7-9-19(10-8-18)24-22(28)25-13-11-23(12-14-25)26(21(27)16-29-23)20-6-4-5-17(2)15-20/h4-10,15H,3,11-14,16H2,1-2H3,(H,24,28). The fourth-order valence-corrected chi connectivity index (χ4v) is 5.48. The summed E-state index contributed by atoms with van der Waals surface area (Å²) >= 11 is 1.72. The molecule has 0 atom stereocenters. The number of amides is 3. The van der Waals surface area contributed by atoms with Gasteiger partial charge in [0, 0.05) is 24.5 Å². The van der Waals surface area contributed by atoms with E-state index in [2.05, 4.69) is 18.3 Å². The Morgan fingerprint density at radius 3 is 2.52 bits per heavy atom. The first-order valence-corrected chi connectivity index (χ1v) is 11.2. The van der Waals surface area contributed by atoms with Gasteiger partial charge in [0.25, 0.3) is 0 Å². The lowest BCUT2D eigenvalue weighted by Crippen LogP contribution is -2.53.